The Hall–Kier alpha value is -1.83. The molecule has 120 valence electrons. The number of amides is 2. The molecule has 8 nitrogen and oxygen atoms in total. The van der Waals surface area contributed by atoms with E-state index in [1.54, 1.807) is 4.90 Å². The van der Waals surface area contributed by atoms with Gasteiger partial charge in [0.1, 0.15) is 6.04 Å². The van der Waals surface area contributed by atoms with E-state index in [4.69, 9.17) is 10.2 Å². The summed E-state index contributed by atoms with van der Waals surface area (Å²) in [5.74, 6) is -2.07. The van der Waals surface area contributed by atoms with Gasteiger partial charge in [-0.25, -0.2) is 9.59 Å². The molecule has 21 heavy (non-hydrogen) atoms. The van der Waals surface area contributed by atoms with E-state index in [1.807, 2.05) is 14.1 Å². The summed E-state index contributed by atoms with van der Waals surface area (Å²) in [6.07, 6.45) is 1.10. The zero-order valence-electron chi connectivity index (χ0n) is 12.4. The normalized spacial score (nSPS) is 17.6. The number of hydrogen-bond donors (Lipinski definition) is 3. The third kappa shape index (κ3) is 5.99. The molecule has 0 saturated carbocycles. The van der Waals surface area contributed by atoms with Crippen LogP contribution in [-0.4, -0.2) is 77.8 Å². The first-order valence-electron chi connectivity index (χ1n) is 6.94. The Morgan fingerprint density at radius 1 is 1.24 bits per heavy atom. The van der Waals surface area contributed by atoms with E-state index < -0.39 is 30.4 Å². The van der Waals surface area contributed by atoms with Crippen LogP contribution in [0.5, 0.6) is 0 Å². The monoisotopic (exact) mass is 301 g/mol. The average Bonchev–Trinajstić information content (AvgIpc) is 2.37. The predicted octanol–water partition coefficient (Wildman–Crippen LogP) is -0.102. The van der Waals surface area contributed by atoms with Crippen molar-refractivity contribution in [2.24, 2.45) is 5.92 Å². The molecule has 1 atom stereocenters. The molecule has 0 aromatic carbocycles. The highest BCUT2D eigenvalue weighted by molar-refractivity contribution is 5.86. The highest BCUT2D eigenvalue weighted by atomic mass is 16.4. The first-order valence-corrected chi connectivity index (χ1v) is 6.94. The largest absolute Gasteiger partial charge is 0.481 e. The van der Waals surface area contributed by atoms with Gasteiger partial charge in [-0.15, -0.1) is 0 Å². The Kier molecular flexibility index (Phi) is 6.41. The second kappa shape index (κ2) is 7.82. The van der Waals surface area contributed by atoms with Gasteiger partial charge in [-0.2, -0.15) is 0 Å². The molecule has 8 heteroatoms. The molecule has 3 N–H and O–H groups in total. The molecule has 0 aromatic heterocycles. The molecule has 0 spiro atoms. The van der Waals surface area contributed by atoms with E-state index in [9.17, 15) is 14.4 Å². The van der Waals surface area contributed by atoms with E-state index in [-0.39, 0.29) is 0 Å². The van der Waals surface area contributed by atoms with Gasteiger partial charge in [0.15, 0.2) is 0 Å². The van der Waals surface area contributed by atoms with E-state index >= 15 is 0 Å². The highest BCUT2D eigenvalue weighted by Crippen LogP contribution is 2.17. The fraction of sp³-hybridized carbons (Fsp3) is 0.769. The van der Waals surface area contributed by atoms with Crippen LogP contribution in [0.2, 0.25) is 0 Å². The Balaban J connectivity index is 2.45. The zero-order chi connectivity index (χ0) is 16.0. The van der Waals surface area contributed by atoms with Crippen LogP contribution in [0.15, 0.2) is 0 Å². The molecule has 1 aliphatic rings. The minimum absolute atomic E-state index is 0.507. The van der Waals surface area contributed by atoms with Gasteiger partial charge in [0.2, 0.25) is 0 Å². The molecule has 1 rings (SSSR count). The Bertz CT molecular complexity index is 391. The summed E-state index contributed by atoms with van der Waals surface area (Å²) in [6, 6.07) is -1.90. The van der Waals surface area contributed by atoms with Gasteiger partial charge in [-0.05, 0) is 32.9 Å². The summed E-state index contributed by atoms with van der Waals surface area (Å²) in [4.78, 5) is 37.1. The van der Waals surface area contributed by atoms with Crippen molar-refractivity contribution < 1.29 is 24.6 Å². The Labute approximate surface area is 123 Å². The summed E-state index contributed by atoms with van der Waals surface area (Å²) >= 11 is 0. The fourth-order valence-electron chi connectivity index (χ4n) is 2.45. The summed E-state index contributed by atoms with van der Waals surface area (Å²) in [5.41, 5.74) is 0. The molecule has 0 unspecified atom stereocenters. The molecule has 0 radical (unpaired) electrons. The number of carbonyl (C=O) groups is 3. The van der Waals surface area contributed by atoms with Gasteiger partial charge in [0.05, 0.1) is 6.42 Å². The average molecular weight is 301 g/mol. The van der Waals surface area contributed by atoms with Gasteiger partial charge in [0, 0.05) is 19.6 Å². The fourth-order valence-corrected chi connectivity index (χ4v) is 2.45. The minimum atomic E-state index is -1.39. The van der Waals surface area contributed by atoms with Crippen molar-refractivity contribution in [2.75, 3.05) is 33.7 Å². The van der Waals surface area contributed by atoms with Crippen molar-refractivity contribution in [1.29, 1.82) is 0 Å². The summed E-state index contributed by atoms with van der Waals surface area (Å²) in [7, 11) is 4.00. The van der Waals surface area contributed by atoms with Gasteiger partial charge in [0.25, 0.3) is 0 Å². The number of carbonyl (C=O) groups excluding carboxylic acids is 1. The second-order valence-corrected chi connectivity index (χ2v) is 5.63. The summed E-state index contributed by atoms with van der Waals surface area (Å²) < 4.78 is 0. The van der Waals surface area contributed by atoms with Gasteiger partial charge in [-0.1, -0.05) is 0 Å². The summed E-state index contributed by atoms with van der Waals surface area (Å²) in [6.45, 7) is 2.08. The smallest absolute Gasteiger partial charge is 0.326 e. The third-order valence-corrected chi connectivity index (χ3v) is 3.50. The van der Waals surface area contributed by atoms with Crippen LogP contribution in [0, 0.1) is 5.92 Å². The Morgan fingerprint density at radius 2 is 1.81 bits per heavy atom. The third-order valence-electron chi connectivity index (χ3n) is 3.50. The molecule has 0 aliphatic carbocycles. The molecule has 1 heterocycles. The van der Waals surface area contributed by atoms with Crippen LogP contribution < -0.4 is 5.32 Å². The molecule has 0 bridgehead atoms. The van der Waals surface area contributed by atoms with E-state index in [0.29, 0.717) is 19.0 Å². The molecule has 1 aliphatic heterocycles. The zero-order valence-corrected chi connectivity index (χ0v) is 12.4. The van der Waals surface area contributed by atoms with Crippen molar-refractivity contribution in [1.82, 2.24) is 15.1 Å². The van der Waals surface area contributed by atoms with Crippen molar-refractivity contribution >= 4 is 18.0 Å². The molecular formula is C13H23N3O5. The summed E-state index contributed by atoms with van der Waals surface area (Å²) in [5, 5.41) is 19.8. The Morgan fingerprint density at radius 3 is 2.24 bits per heavy atom. The van der Waals surface area contributed by atoms with Crippen LogP contribution >= 0.6 is 0 Å². The van der Waals surface area contributed by atoms with Crippen molar-refractivity contribution in [3.05, 3.63) is 0 Å². The van der Waals surface area contributed by atoms with Gasteiger partial charge < -0.3 is 25.3 Å². The maximum atomic E-state index is 12.0. The number of carboxylic acids is 2. The minimum Gasteiger partial charge on any atom is -0.481 e. The quantitative estimate of drug-likeness (QED) is 0.632. The van der Waals surface area contributed by atoms with Gasteiger partial charge >= 0.3 is 18.0 Å². The number of nitrogens with one attached hydrogen (secondary N) is 1. The van der Waals surface area contributed by atoms with Crippen LogP contribution in [0.25, 0.3) is 0 Å². The number of rotatable bonds is 6. The van der Waals surface area contributed by atoms with Crippen LogP contribution in [-0.2, 0) is 9.59 Å². The topological polar surface area (TPSA) is 110 Å². The molecule has 1 saturated heterocycles. The van der Waals surface area contributed by atoms with Crippen LogP contribution in [0.3, 0.4) is 0 Å². The second-order valence-electron chi connectivity index (χ2n) is 5.63. The lowest BCUT2D eigenvalue weighted by Gasteiger charge is -2.33. The number of likely N-dealkylation sites (tertiary alicyclic amines) is 1. The number of hydrogen-bond acceptors (Lipinski definition) is 4. The number of nitrogens with zero attached hydrogens (tertiary/aromatic N) is 2. The van der Waals surface area contributed by atoms with Crippen LogP contribution in [0.1, 0.15) is 19.3 Å². The predicted molar refractivity (Wildman–Crippen MR) is 75.1 cm³/mol. The highest BCUT2D eigenvalue weighted by Gasteiger charge is 2.28. The van der Waals surface area contributed by atoms with Crippen molar-refractivity contribution in [3.63, 3.8) is 0 Å². The van der Waals surface area contributed by atoms with Gasteiger partial charge in [-0.3, -0.25) is 4.79 Å². The molecule has 0 aromatic rings. The first-order chi connectivity index (χ1) is 9.79. The van der Waals surface area contributed by atoms with E-state index in [0.717, 1.165) is 19.4 Å². The maximum absolute atomic E-state index is 12.0. The van der Waals surface area contributed by atoms with Crippen molar-refractivity contribution in [2.45, 2.75) is 25.3 Å². The number of piperidine rings is 1. The lowest BCUT2D eigenvalue weighted by atomic mass is 9.96. The van der Waals surface area contributed by atoms with Crippen molar-refractivity contribution in [3.8, 4) is 0 Å². The van der Waals surface area contributed by atoms with E-state index in [2.05, 4.69) is 10.2 Å². The molecule has 1 fully saturated rings. The number of aliphatic carboxylic acids is 2. The molecule has 2 amide bonds. The standard InChI is InChI=1S/C13H23N3O5/c1-15(2)8-9-3-5-16(6-4-9)13(21)14-10(12(19)20)7-11(17)18/h9-10H,3-8H2,1-2H3,(H,14,21)(H,17,18)(H,19,20)/t10-/m0/s1. The van der Waals surface area contributed by atoms with Crippen LogP contribution in [0.4, 0.5) is 4.79 Å². The molecular weight excluding hydrogens is 278 g/mol. The first kappa shape index (κ1) is 17.2. The number of urea groups is 1. The number of carboxylic acid groups (broad SMARTS) is 2. The van der Waals surface area contributed by atoms with E-state index in [1.165, 1.54) is 0 Å². The maximum Gasteiger partial charge on any atom is 0.326 e. The SMILES string of the molecule is CN(C)CC1CCN(C(=O)N[C@@H](CC(=O)O)C(=O)O)CC1. The lowest BCUT2D eigenvalue weighted by Crippen LogP contribution is -2.51. The lowest BCUT2D eigenvalue weighted by molar-refractivity contribution is -0.145.